The topological polar surface area (TPSA) is 43.4 Å². The molecule has 2 aliphatic rings. The minimum absolute atomic E-state index is 0. The summed E-state index contributed by atoms with van der Waals surface area (Å²) in [6.45, 7) is 8.77. The van der Waals surface area contributed by atoms with E-state index >= 15 is 0 Å². The first-order valence-corrected chi connectivity index (χ1v) is 16.2. The molecule has 49 heavy (non-hydrogen) atoms. The van der Waals surface area contributed by atoms with Crippen LogP contribution in [0, 0.1) is 32.3 Å². The molecule has 9 rings (SSSR count). The van der Waals surface area contributed by atoms with Gasteiger partial charge in [-0.3, -0.25) is 4.57 Å². The van der Waals surface area contributed by atoms with Crippen LogP contribution in [-0.4, -0.2) is 16.6 Å². The van der Waals surface area contributed by atoms with Crippen molar-refractivity contribution in [3.8, 4) is 28.6 Å². The molecule has 2 aromatic heterocycles. The molecule has 7 aromatic rings. The van der Waals surface area contributed by atoms with Crippen LogP contribution in [0.15, 0.2) is 115 Å². The molecule has 0 N–H and O–H groups in total. The van der Waals surface area contributed by atoms with E-state index in [0.29, 0.717) is 11.5 Å². The molecule has 0 bridgehead atoms. The van der Waals surface area contributed by atoms with Gasteiger partial charge in [0.2, 0.25) is 0 Å². The van der Waals surface area contributed by atoms with Crippen molar-refractivity contribution in [1.29, 1.82) is 0 Å². The zero-order valence-electron chi connectivity index (χ0n) is 27.5. The van der Waals surface area contributed by atoms with Crippen molar-refractivity contribution in [2.24, 2.45) is 0 Å². The number of aromatic nitrogens is 3. The Balaban J connectivity index is 0.00000348. The summed E-state index contributed by atoms with van der Waals surface area (Å²) in [6.07, 6.45) is 5.43. The van der Waals surface area contributed by atoms with Gasteiger partial charge in [-0.1, -0.05) is 85.6 Å². The number of imidazole rings is 1. The molecule has 242 valence electrons. The summed E-state index contributed by atoms with van der Waals surface area (Å²) in [5.41, 5.74) is 10.6. The first-order chi connectivity index (χ1) is 23.4. The number of fused-ring (bicyclic) bond motifs is 3. The minimum Gasteiger partial charge on any atom is -0.599 e. The van der Waals surface area contributed by atoms with E-state index < -0.39 is 0 Å². The fourth-order valence-electron chi connectivity index (χ4n) is 7.27. The molecular formula is C41H31BN4O2Pt-2. The van der Waals surface area contributed by atoms with Gasteiger partial charge in [0.1, 0.15) is 5.82 Å². The van der Waals surface area contributed by atoms with E-state index in [4.69, 9.17) is 14.4 Å². The SMILES string of the molecule is Cc1cccc(C)c1B1Oc2ccc(Oc3[c-]c4c(cc3)C(C)(C)c3cccc5c3n-4[c-][n+]5-c3ccccc3)[c-]c2N1c1ccccn1.[Pt]. The summed E-state index contributed by atoms with van der Waals surface area (Å²) in [5, 5.41) is 0. The number of anilines is 2. The summed E-state index contributed by atoms with van der Waals surface area (Å²) in [5.74, 6) is 2.66. The van der Waals surface area contributed by atoms with E-state index in [0.717, 1.165) is 61.8 Å². The van der Waals surface area contributed by atoms with Crippen molar-refractivity contribution >= 4 is 35.1 Å². The predicted molar refractivity (Wildman–Crippen MR) is 188 cm³/mol. The fourth-order valence-corrected chi connectivity index (χ4v) is 7.27. The van der Waals surface area contributed by atoms with Gasteiger partial charge in [-0.25, -0.2) is 4.98 Å². The third-order valence-corrected chi connectivity index (χ3v) is 9.64. The first-order valence-electron chi connectivity index (χ1n) is 16.2. The van der Waals surface area contributed by atoms with Crippen LogP contribution in [0.1, 0.15) is 36.1 Å². The van der Waals surface area contributed by atoms with Crippen molar-refractivity contribution in [3.05, 3.63) is 156 Å². The number of aryl methyl sites for hydroxylation is 2. The Morgan fingerprint density at radius 3 is 2.22 bits per heavy atom. The van der Waals surface area contributed by atoms with Crippen molar-refractivity contribution < 1.29 is 35.0 Å². The molecule has 0 saturated carbocycles. The number of ether oxygens (including phenoxy) is 1. The Morgan fingerprint density at radius 2 is 1.47 bits per heavy atom. The van der Waals surface area contributed by atoms with Crippen LogP contribution in [0.5, 0.6) is 17.2 Å². The maximum atomic E-state index is 6.61. The number of pyridine rings is 1. The maximum Gasteiger partial charge on any atom is 0.511 e. The van der Waals surface area contributed by atoms with Gasteiger partial charge in [-0.05, 0) is 65.9 Å². The Morgan fingerprint density at radius 1 is 0.755 bits per heavy atom. The van der Waals surface area contributed by atoms with Crippen LogP contribution in [0.25, 0.3) is 22.4 Å². The minimum atomic E-state index is -0.386. The third-order valence-electron chi connectivity index (χ3n) is 9.64. The summed E-state index contributed by atoms with van der Waals surface area (Å²) in [4.78, 5) is 6.80. The first kappa shape index (κ1) is 31.2. The standard InChI is InChI=1S/C41H31BN4O2.Pt/c1-27-12-10-13-28(2)39(27)42-46(38-18-8-9-23-43-38)36-25-31(20-22-37(36)48-42)47-30-19-21-32-35(24-30)45-26-44(29-14-6-5-7-15-29)34-17-11-16-33(40(34)45)41(32,3)4;/h5-23H,1-4H3;/q-2;. The maximum absolute atomic E-state index is 6.61. The molecule has 0 atom stereocenters. The Labute approximate surface area is 301 Å². The fraction of sp³-hybridized carbons (Fsp3) is 0.122. The zero-order chi connectivity index (χ0) is 32.6. The van der Waals surface area contributed by atoms with Gasteiger partial charge in [0.25, 0.3) is 6.33 Å². The van der Waals surface area contributed by atoms with E-state index in [1.54, 1.807) is 6.20 Å². The number of hydrogen-bond donors (Lipinski definition) is 0. The molecule has 0 fully saturated rings. The molecule has 2 aliphatic heterocycles. The second kappa shape index (κ2) is 11.8. The van der Waals surface area contributed by atoms with Crippen LogP contribution >= 0.6 is 0 Å². The van der Waals surface area contributed by atoms with Crippen molar-refractivity contribution in [2.45, 2.75) is 33.1 Å². The van der Waals surface area contributed by atoms with Crippen molar-refractivity contribution in [3.63, 3.8) is 0 Å². The summed E-state index contributed by atoms with van der Waals surface area (Å²) in [6, 6.07) is 44.2. The average Bonchev–Trinajstić information content (AvgIpc) is 3.67. The van der Waals surface area contributed by atoms with Gasteiger partial charge in [0, 0.05) is 44.5 Å². The number of hydrogen-bond acceptors (Lipinski definition) is 4. The number of benzene rings is 5. The van der Waals surface area contributed by atoms with Crippen molar-refractivity contribution in [2.75, 3.05) is 4.81 Å². The Bertz CT molecular complexity index is 2360. The quantitative estimate of drug-likeness (QED) is 0.102. The molecule has 4 heterocycles. The monoisotopic (exact) mass is 817 g/mol. The van der Waals surface area contributed by atoms with Gasteiger partial charge in [0.05, 0.1) is 16.7 Å². The van der Waals surface area contributed by atoms with Crippen LogP contribution < -0.4 is 24.2 Å². The molecule has 0 amide bonds. The Kier molecular flexibility index (Phi) is 7.49. The molecule has 0 aliphatic carbocycles. The summed E-state index contributed by atoms with van der Waals surface area (Å²) in [7, 11) is -0.386. The molecule has 0 spiro atoms. The second-order valence-corrected chi connectivity index (χ2v) is 13.0. The number of para-hydroxylation sites is 2. The van der Waals surface area contributed by atoms with Crippen LogP contribution in [0.3, 0.4) is 0 Å². The molecule has 8 heteroatoms. The molecule has 0 radical (unpaired) electrons. The van der Waals surface area contributed by atoms with Gasteiger partial charge in [-0.2, -0.15) is 6.07 Å². The summed E-state index contributed by atoms with van der Waals surface area (Å²) >= 11 is 0. The van der Waals surface area contributed by atoms with Crippen LogP contribution in [0.4, 0.5) is 11.5 Å². The number of rotatable bonds is 5. The van der Waals surface area contributed by atoms with E-state index in [-0.39, 0.29) is 33.5 Å². The van der Waals surface area contributed by atoms with E-state index in [9.17, 15) is 0 Å². The molecule has 5 aromatic carbocycles. The molecule has 6 nitrogen and oxygen atoms in total. The number of nitrogens with zero attached hydrogens (tertiary/aromatic N) is 4. The Hall–Kier alpha value is -5.13. The van der Waals surface area contributed by atoms with Crippen LogP contribution in [0.2, 0.25) is 0 Å². The van der Waals surface area contributed by atoms with Gasteiger partial charge < -0.3 is 18.8 Å². The van der Waals surface area contributed by atoms with Gasteiger partial charge >= 0.3 is 7.05 Å². The van der Waals surface area contributed by atoms with E-state index in [1.807, 2.05) is 42.5 Å². The van der Waals surface area contributed by atoms with E-state index in [2.05, 4.69) is 127 Å². The van der Waals surface area contributed by atoms with Crippen molar-refractivity contribution in [1.82, 2.24) is 9.55 Å². The largest absolute Gasteiger partial charge is 0.599 e. The van der Waals surface area contributed by atoms with Gasteiger partial charge in [-0.15, -0.1) is 35.9 Å². The average molecular weight is 818 g/mol. The zero-order valence-corrected chi connectivity index (χ0v) is 29.7. The smallest absolute Gasteiger partial charge is 0.511 e. The van der Waals surface area contributed by atoms with Gasteiger partial charge in [0.15, 0.2) is 0 Å². The molecule has 0 saturated heterocycles. The second-order valence-electron chi connectivity index (χ2n) is 13.0. The predicted octanol–water partition coefficient (Wildman–Crippen LogP) is 7.67. The normalized spacial score (nSPS) is 13.8. The third kappa shape index (κ3) is 4.90. The van der Waals surface area contributed by atoms with E-state index in [1.165, 1.54) is 5.56 Å². The molecular weight excluding hydrogens is 786 g/mol. The molecule has 0 unspecified atom stereocenters. The van der Waals surface area contributed by atoms with Crippen LogP contribution in [-0.2, 0) is 26.5 Å². The summed E-state index contributed by atoms with van der Waals surface area (Å²) < 4.78 is 17.4.